The highest BCUT2D eigenvalue weighted by molar-refractivity contribution is 5.80. The molecule has 2 amide bonds. The zero-order chi connectivity index (χ0) is 12.8. The number of nitrogens with two attached hydrogens (primary N) is 1. The van der Waals surface area contributed by atoms with Crippen molar-refractivity contribution in [1.82, 2.24) is 4.90 Å². The molecule has 90 valence electrons. The minimum Gasteiger partial charge on any atom is -0.444 e. The average molecular weight is 229 g/mol. The second kappa shape index (κ2) is 5.87. The first kappa shape index (κ1) is 14.1. The predicted octanol–water partition coefficient (Wildman–Crippen LogP) is 0.00210. The molecular weight excluding hydrogens is 214 g/mol. The van der Waals surface area contributed by atoms with Crippen LogP contribution in [0.3, 0.4) is 0 Å². The van der Waals surface area contributed by atoms with E-state index in [-0.39, 0.29) is 13.2 Å². The van der Waals surface area contributed by atoms with Gasteiger partial charge < -0.3 is 10.5 Å². The van der Waals surface area contributed by atoms with Gasteiger partial charge in [0.25, 0.3) is 0 Å². The van der Waals surface area contributed by atoms with E-state index in [0.717, 1.165) is 4.90 Å². The van der Waals surface area contributed by atoms with Gasteiger partial charge in [-0.15, -0.1) is 0 Å². The van der Waals surface area contributed by atoms with Gasteiger partial charge in [0.05, 0.1) is 0 Å². The van der Waals surface area contributed by atoms with E-state index < -0.39 is 17.6 Å². The van der Waals surface area contributed by atoms with Gasteiger partial charge in [0, 0.05) is 0 Å². The summed E-state index contributed by atoms with van der Waals surface area (Å²) in [6, 6.07) is 0. The van der Waals surface area contributed by atoms with Crippen LogP contribution in [0.4, 0.5) is 4.79 Å². The lowest BCUT2D eigenvalue weighted by molar-refractivity contribution is -0.119. The Kier molecular flexibility index (Phi) is 5.18. The average Bonchev–Trinajstić information content (AvgIpc) is 2.08. The molecule has 0 spiro atoms. The van der Waals surface area contributed by atoms with Crippen molar-refractivity contribution in [3.8, 4) is 0 Å². The molecular formula is C9H15N3O4. The van der Waals surface area contributed by atoms with E-state index in [2.05, 4.69) is 4.99 Å². The minimum atomic E-state index is -0.759. The predicted molar refractivity (Wildman–Crippen MR) is 55.1 cm³/mol. The number of aliphatic imine (C=N–C) groups is 1. The highest BCUT2D eigenvalue weighted by Gasteiger charge is 2.22. The first-order valence-electron chi connectivity index (χ1n) is 4.56. The molecule has 7 nitrogen and oxygen atoms in total. The summed E-state index contributed by atoms with van der Waals surface area (Å²) in [6.07, 6.45) is 0.504. The Balaban J connectivity index is 4.55. The van der Waals surface area contributed by atoms with Crippen LogP contribution in [0.15, 0.2) is 4.99 Å². The molecule has 0 aromatic rings. The zero-order valence-electron chi connectivity index (χ0n) is 9.52. The molecule has 7 heteroatoms. The standard InChI is InChI=1S/C9H15N3O4/c1-9(2,3)16-8(15)12(4-7(10)14)5-11-6-13/h4-5H2,1-3H3,(H2,10,14). The van der Waals surface area contributed by atoms with Crippen molar-refractivity contribution >= 4 is 18.1 Å². The van der Waals surface area contributed by atoms with Crippen molar-refractivity contribution < 1.29 is 19.1 Å². The van der Waals surface area contributed by atoms with Gasteiger partial charge in [-0.3, -0.25) is 9.69 Å². The maximum atomic E-state index is 11.5. The van der Waals surface area contributed by atoms with Crippen LogP contribution in [0.25, 0.3) is 0 Å². The van der Waals surface area contributed by atoms with Crippen LogP contribution >= 0.6 is 0 Å². The highest BCUT2D eigenvalue weighted by atomic mass is 16.6. The van der Waals surface area contributed by atoms with Crippen molar-refractivity contribution in [2.45, 2.75) is 26.4 Å². The Hall–Kier alpha value is -1.88. The smallest absolute Gasteiger partial charge is 0.412 e. The molecule has 0 fully saturated rings. The summed E-state index contributed by atoms with van der Waals surface area (Å²) in [7, 11) is 0. The van der Waals surface area contributed by atoms with E-state index in [1.54, 1.807) is 20.8 Å². The summed E-state index contributed by atoms with van der Waals surface area (Å²) in [4.78, 5) is 36.2. The number of ether oxygens (including phenoxy) is 1. The third-order valence-corrected chi connectivity index (χ3v) is 1.30. The number of amides is 2. The summed E-state index contributed by atoms with van der Waals surface area (Å²) in [5.74, 6) is -0.716. The van der Waals surface area contributed by atoms with E-state index in [1.165, 1.54) is 6.08 Å². The third-order valence-electron chi connectivity index (χ3n) is 1.30. The molecule has 16 heavy (non-hydrogen) atoms. The summed E-state index contributed by atoms with van der Waals surface area (Å²) >= 11 is 0. The maximum absolute atomic E-state index is 11.5. The van der Waals surface area contributed by atoms with Gasteiger partial charge in [0.1, 0.15) is 18.8 Å². The van der Waals surface area contributed by atoms with E-state index in [1.807, 2.05) is 0 Å². The summed E-state index contributed by atoms with van der Waals surface area (Å²) in [5, 5.41) is 0. The lowest BCUT2D eigenvalue weighted by Crippen LogP contribution is -2.41. The van der Waals surface area contributed by atoms with Gasteiger partial charge in [-0.25, -0.2) is 9.59 Å². The summed E-state index contributed by atoms with van der Waals surface area (Å²) < 4.78 is 4.99. The van der Waals surface area contributed by atoms with Gasteiger partial charge in [-0.1, -0.05) is 0 Å². The number of carbonyl (C=O) groups is 2. The summed E-state index contributed by atoms with van der Waals surface area (Å²) in [5.41, 5.74) is 4.24. The fourth-order valence-electron chi connectivity index (χ4n) is 0.801. The molecule has 0 aliphatic rings. The number of rotatable bonds is 4. The van der Waals surface area contributed by atoms with Crippen LogP contribution in [0, 0.1) is 0 Å². The number of primary amides is 1. The minimum absolute atomic E-state index is 0.304. The van der Waals surface area contributed by atoms with Crippen molar-refractivity contribution in [2.75, 3.05) is 13.2 Å². The number of hydrogen-bond acceptors (Lipinski definition) is 5. The number of hydrogen-bond donors (Lipinski definition) is 1. The van der Waals surface area contributed by atoms with Crippen LogP contribution in [0.2, 0.25) is 0 Å². The number of carbonyl (C=O) groups excluding carboxylic acids is 3. The van der Waals surface area contributed by atoms with E-state index in [0.29, 0.717) is 0 Å². The molecule has 0 rings (SSSR count). The molecule has 0 atom stereocenters. The van der Waals surface area contributed by atoms with Crippen LogP contribution < -0.4 is 5.73 Å². The SMILES string of the molecule is CC(C)(C)OC(=O)N(CN=C=O)CC(N)=O. The molecule has 0 aliphatic carbocycles. The molecule has 0 heterocycles. The lowest BCUT2D eigenvalue weighted by atomic mass is 10.2. The molecule has 0 bridgehead atoms. The third kappa shape index (κ3) is 6.56. The summed E-state index contributed by atoms with van der Waals surface area (Å²) in [6.45, 7) is 4.37. The zero-order valence-corrected chi connectivity index (χ0v) is 9.52. The monoisotopic (exact) mass is 229 g/mol. The lowest BCUT2D eigenvalue weighted by Gasteiger charge is -2.25. The van der Waals surface area contributed by atoms with Crippen LogP contribution in [-0.4, -0.2) is 41.8 Å². The largest absolute Gasteiger partial charge is 0.444 e. The first-order chi connectivity index (χ1) is 7.26. The van der Waals surface area contributed by atoms with Gasteiger partial charge in [-0.2, -0.15) is 4.99 Å². The fraction of sp³-hybridized carbons (Fsp3) is 0.667. The van der Waals surface area contributed by atoms with E-state index in [4.69, 9.17) is 10.5 Å². The normalized spacial score (nSPS) is 10.2. The molecule has 0 unspecified atom stereocenters. The Labute approximate surface area is 93.3 Å². The molecule has 2 N–H and O–H groups in total. The Bertz CT molecular complexity index is 311. The molecule has 0 saturated heterocycles. The maximum Gasteiger partial charge on any atom is 0.412 e. The van der Waals surface area contributed by atoms with Crippen LogP contribution in [0.1, 0.15) is 20.8 Å². The topological polar surface area (TPSA) is 102 Å². The molecule has 0 aromatic heterocycles. The number of isocyanates is 1. The van der Waals surface area contributed by atoms with Crippen molar-refractivity contribution in [2.24, 2.45) is 10.7 Å². The quantitative estimate of drug-likeness (QED) is 0.541. The Morgan fingerprint density at radius 3 is 2.38 bits per heavy atom. The van der Waals surface area contributed by atoms with Crippen LogP contribution in [0.5, 0.6) is 0 Å². The Morgan fingerprint density at radius 1 is 1.44 bits per heavy atom. The van der Waals surface area contributed by atoms with Gasteiger partial charge in [0.2, 0.25) is 12.0 Å². The second-order valence-corrected chi connectivity index (χ2v) is 4.04. The van der Waals surface area contributed by atoms with Gasteiger partial charge in [-0.05, 0) is 20.8 Å². The molecule has 0 aliphatic heterocycles. The highest BCUT2D eigenvalue weighted by Crippen LogP contribution is 2.09. The first-order valence-corrected chi connectivity index (χ1v) is 4.56. The van der Waals surface area contributed by atoms with Crippen molar-refractivity contribution in [3.63, 3.8) is 0 Å². The van der Waals surface area contributed by atoms with Crippen LogP contribution in [-0.2, 0) is 14.3 Å². The Morgan fingerprint density at radius 2 is 2.00 bits per heavy atom. The molecule has 0 saturated carbocycles. The number of nitrogens with zero attached hydrogens (tertiary/aromatic N) is 2. The molecule has 0 aromatic carbocycles. The molecule has 0 radical (unpaired) electrons. The second-order valence-electron chi connectivity index (χ2n) is 4.04. The van der Waals surface area contributed by atoms with E-state index in [9.17, 15) is 14.4 Å². The van der Waals surface area contributed by atoms with Gasteiger partial charge in [0.15, 0.2) is 0 Å². The van der Waals surface area contributed by atoms with Crippen molar-refractivity contribution in [3.05, 3.63) is 0 Å². The fourth-order valence-corrected chi connectivity index (χ4v) is 0.801. The van der Waals surface area contributed by atoms with E-state index >= 15 is 0 Å². The van der Waals surface area contributed by atoms with Gasteiger partial charge >= 0.3 is 6.09 Å². The van der Waals surface area contributed by atoms with Crippen molar-refractivity contribution in [1.29, 1.82) is 0 Å².